The van der Waals surface area contributed by atoms with Gasteiger partial charge in [-0.15, -0.1) is 0 Å². The highest BCUT2D eigenvalue weighted by Gasteiger charge is 2.29. The second-order valence-corrected chi connectivity index (χ2v) is 7.43. The van der Waals surface area contributed by atoms with Gasteiger partial charge in [0.25, 0.3) is 5.95 Å². The molecule has 0 bridgehead atoms. The van der Waals surface area contributed by atoms with Gasteiger partial charge in [0.15, 0.2) is 11.6 Å². The summed E-state index contributed by atoms with van der Waals surface area (Å²) in [6, 6.07) is 0. The van der Waals surface area contributed by atoms with Crippen molar-refractivity contribution in [1.82, 2.24) is 30.0 Å². The molecule has 3 rings (SSSR count). The van der Waals surface area contributed by atoms with E-state index in [1.54, 1.807) is 4.90 Å². The lowest BCUT2D eigenvalue weighted by atomic mass is 9.96. The molecule has 0 radical (unpaired) electrons. The topological polar surface area (TPSA) is 109 Å². The number of carbonyl (C=O) groups excluding carboxylic acids is 1. The number of hydrogen-bond donors (Lipinski definition) is 2. The second-order valence-electron chi connectivity index (χ2n) is 7.43. The van der Waals surface area contributed by atoms with Crippen LogP contribution in [-0.4, -0.2) is 54.8 Å². The van der Waals surface area contributed by atoms with Crippen LogP contribution in [0, 0.1) is 5.95 Å². The first kappa shape index (κ1) is 19.0. The number of rotatable bonds is 4. The summed E-state index contributed by atoms with van der Waals surface area (Å²) in [6.07, 6.45) is 3.95. The molecule has 0 atom stereocenters. The molecule has 0 spiro atoms. The van der Waals surface area contributed by atoms with Gasteiger partial charge in [-0.1, -0.05) is 0 Å². The number of amides is 1. The summed E-state index contributed by atoms with van der Waals surface area (Å²) in [5.41, 5.74) is -0.498. The minimum Gasteiger partial charge on any atom is -0.444 e. The van der Waals surface area contributed by atoms with Crippen LogP contribution in [0.3, 0.4) is 0 Å². The number of nitrogens with zero attached hydrogens (tertiary/aromatic N) is 5. The molecule has 3 heterocycles. The third kappa shape index (κ3) is 5.11. The van der Waals surface area contributed by atoms with Gasteiger partial charge in [0.05, 0.1) is 6.54 Å². The van der Waals surface area contributed by atoms with E-state index in [-0.39, 0.29) is 24.4 Å². The zero-order valence-electron chi connectivity index (χ0n) is 15.7. The van der Waals surface area contributed by atoms with Gasteiger partial charge in [0.2, 0.25) is 0 Å². The average Bonchev–Trinajstić information content (AvgIpc) is 3.09. The van der Waals surface area contributed by atoms with Crippen LogP contribution in [0.5, 0.6) is 0 Å². The molecule has 0 saturated carbocycles. The predicted molar refractivity (Wildman–Crippen MR) is 95.5 cm³/mol. The van der Waals surface area contributed by atoms with Crippen molar-refractivity contribution >= 4 is 11.9 Å². The van der Waals surface area contributed by atoms with Crippen molar-refractivity contribution < 1.29 is 13.9 Å². The van der Waals surface area contributed by atoms with E-state index in [1.807, 2.05) is 20.8 Å². The maximum Gasteiger partial charge on any atom is 0.410 e. The Morgan fingerprint density at radius 3 is 2.70 bits per heavy atom. The van der Waals surface area contributed by atoms with E-state index in [1.165, 1.54) is 12.4 Å². The number of carbonyl (C=O) groups is 1. The van der Waals surface area contributed by atoms with E-state index >= 15 is 0 Å². The summed E-state index contributed by atoms with van der Waals surface area (Å²) in [7, 11) is 0. The zero-order valence-corrected chi connectivity index (χ0v) is 15.7. The van der Waals surface area contributed by atoms with Gasteiger partial charge < -0.3 is 15.0 Å². The van der Waals surface area contributed by atoms with Crippen LogP contribution < -0.4 is 5.32 Å². The Labute approximate surface area is 156 Å². The van der Waals surface area contributed by atoms with Gasteiger partial charge in [-0.3, -0.25) is 5.10 Å². The number of piperidine rings is 1. The lowest BCUT2D eigenvalue weighted by Crippen LogP contribution is -2.41. The molecule has 1 saturated heterocycles. The molecule has 2 N–H and O–H groups in total. The third-order valence-electron chi connectivity index (χ3n) is 4.14. The first-order valence-corrected chi connectivity index (χ1v) is 8.91. The van der Waals surface area contributed by atoms with Crippen molar-refractivity contribution in [3.63, 3.8) is 0 Å². The molecule has 146 valence electrons. The van der Waals surface area contributed by atoms with Crippen LogP contribution >= 0.6 is 0 Å². The Balaban J connectivity index is 1.51. The number of aromatic nitrogens is 5. The van der Waals surface area contributed by atoms with Gasteiger partial charge in [-0.05, 0) is 33.6 Å². The highest BCUT2D eigenvalue weighted by molar-refractivity contribution is 5.68. The number of halogens is 1. The Bertz CT molecular complexity index is 782. The van der Waals surface area contributed by atoms with Crippen molar-refractivity contribution in [3.8, 4) is 0 Å². The normalized spacial score (nSPS) is 15.6. The van der Waals surface area contributed by atoms with Gasteiger partial charge in [0, 0.05) is 31.4 Å². The van der Waals surface area contributed by atoms with E-state index in [4.69, 9.17) is 4.74 Å². The summed E-state index contributed by atoms with van der Waals surface area (Å²) in [4.78, 5) is 25.7. The lowest BCUT2D eigenvalue weighted by molar-refractivity contribution is 0.0203. The van der Waals surface area contributed by atoms with Crippen molar-refractivity contribution in [1.29, 1.82) is 0 Å². The molecule has 9 nitrogen and oxygen atoms in total. The van der Waals surface area contributed by atoms with Crippen LogP contribution in [0.15, 0.2) is 12.4 Å². The largest absolute Gasteiger partial charge is 0.444 e. The number of aromatic amines is 1. The minimum absolute atomic E-state index is 0.0705. The van der Waals surface area contributed by atoms with E-state index in [2.05, 4.69) is 30.5 Å². The van der Waals surface area contributed by atoms with E-state index in [0.29, 0.717) is 24.7 Å². The van der Waals surface area contributed by atoms with E-state index < -0.39 is 11.5 Å². The highest BCUT2D eigenvalue weighted by Crippen LogP contribution is 2.26. The highest BCUT2D eigenvalue weighted by atomic mass is 19.1. The number of ether oxygens (including phenoxy) is 1. The van der Waals surface area contributed by atoms with Crippen LogP contribution in [0.4, 0.5) is 15.0 Å². The fraction of sp³-hybridized carbons (Fsp3) is 0.588. The molecule has 10 heteroatoms. The summed E-state index contributed by atoms with van der Waals surface area (Å²) >= 11 is 0. The van der Waals surface area contributed by atoms with Gasteiger partial charge >= 0.3 is 6.09 Å². The SMILES string of the molecule is CC(C)(C)OC(=O)N1CCC(c2n[nH]c(CNc3nccnc3F)n2)CC1. The first-order valence-electron chi connectivity index (χ1n) is 8.91. The van der Waals surface area contributed by atoms with Gasteiger partial charge in [-0.25, -0.2) is 19.7 Å². The Morgan fingerprint density at radius 2 is 2.04 bits per heavy atom. The summed E-state index contributed by atoms with van der Waals surface area (Å²) < 4.78 is 18.9. The monoisotopic (exact) mass is 377 g/mol. The molecule has 0 unspecified atom stereocenters. The first-order chi connectivity index (χ1) is 12.8. The molecule has 1 aliphatic heterocycles. The van der Waals surface area contributed by atoms with Crippen LogP contribution in [0.25, 0.3) is 0 Å². The van der Waals surface area contributed by atoms with Crippen LogP contribution in [0.2, 0.25) is 0 Å². The summed E-state index contributed by atoms with van der Waals surface area (Å²) in [5.74, 6) is 0.870. The van der Waals surface area contributed by atoms with Crippen molar-refractivity contribution in [3.05, 3.63) is 30.0 Å². The molecule has 2 aromatic heterocycles. The summed E-state index contributed by atoms with van der Waals surface area (Å²) in [6.45, 7) is 7.04. The van der Waals surface area contributed by atoms with Gasteiger partial charge in [0.1, 0.15) is 11.4 Å². The van der Waals surface area contributed by atoms with Crippen molar-refractivity contribution in [2.45, 2.75) is 51.7 Å². The average molecular weight is 377 g/mol. The quantitative estimate of drug-likeness (QED) is 0.842. The molecular weight excluding hydrogens is 353 g/mol. The molecule has 1 aliphatic rings. The molecule has 2 aromatic rings. The molecular formula is C17H24FN7O2. The van der Waals surface area contributed by atoms with Crippen LogP contribution in [0.1, 0.15) is 51.2 Å². The standard InChI is InChI=1S/C17H24FN7O2/c1-17(2,3)27-16(26)25-8-4-11(5-9-25)14-22-12(23-24-14)10-21-15-13(18)19-6-7-20-15/h6-7,11H,4-5,8-10H2,1-3H3,(H,20,21)(H,22,23,24). The molecule has 27 heavy (non-hydrogen) atoms. The number of likely N-dealkylation sites (tertiary alicyclic amines) is 1. The van der Waals surface area contributed by atoms with E-state index in [0.717, 1.165) is 12.8 Å². The third-order valence-corrected chi connectivity index (χ3v) is 4.14. The van der Waals surface area contributed by atoms with Crippen molar-refractivity contribution in [2.75, 3.05) is 18.4 Å². The number of nitrogens with one attached hydrogen (secondary N) is 2. The lowest BCUT2D eigenvalue weighted by Gasteiger charge is -2.32. The fourth-order valence-electron chi connectivity index (χ4n) is 2.83. The second kappa shape index (κ2) is 7.85. The predicted octanol–water partition coefficient (Wildman–Crippen LogP) is 2.46. The number of H-pyrrole nitrogens is 1. The molecule has 1 amide bonds. The molecule has 0 aromatic carbocycles. The maximum atomic E-state index is 13.5. The molecule has 1 fully saturated rings. The zero-order chi connectivity index (χ0) is 19.4. The summed E-state index contributed by atoms with van der Waals surface area (Å²) in [5, 5.41) is 9.96. The number of anilines is 1. The van der Waals surface area contributed by atoms with E-state index in [9.17, 15) is 9.18 Å². The smallest absolute Gasteiger partial charge is 0.410 e. The molecule has 0 aliphatic carbocycles. The Morgan fingerprint density at radius 1 is 1.33 bits per heavy atom. The Hall–Kier alpha value is -2.78. The maximum absolute atomic E-state index is 13.5. The number of hydrogen-bond acceptors (Lipinski definition) is 7. The van der Waals surface area contributed by atoms with Crippen molar-refractivity contribution in [2.24, 2.45) is 0 Å². The van der Waals surface area contributed by atoms with Crippen LogP contribution in [-0.2, 0) is 11.3 Å². The minimum atomic E-state index is -0.660. The van der Waals surface area contributed by atoms with Gasteiger partial charge in [-0.2, -0.15) is 9.49 Å². The Kier molecular flexibility index (Phi) is 5.52. The fourth-order valence-corrected chi connectivity index (χ4v) is 2.83.